The van der Waals surface area contributed by atoms with Gasteiger partial charge >= 0.3 is 15.2 Å². The first-order valence-corrected chi connectivity index (χ1v) is 20.1. The van der Waals surface area contributed by atoms with Crippen molar-refractivity contribution in [3.63, 3.8) is 0 Å². The molecule has 0 aromatic rings. The van der Waals surface area contributed by atoms with Crippen LogP contribution in [0.15, 0.2) is 18.3 Å². The zero-order valence-electron chi connectivity index (χ0n) is 20.6. The zero-order valence-corrected chi connectivity index (χ0v) is 27.3. The van der Waals surface area contributed by atoms with E-state index in [4.69, 9.17) is 18.1 Å². The van der Waals surface area contributed by atoms with Crippen LogP contribution in [-0.2, 0) is 27.2 Å². The van der Waals surface area contributed by atoms with Crippen molar-refractivity contribution in [3.05, 3.63) is 18.3 Å². The maximum absolute atomic E-state index is 13.1. The van der Waals surface area contributed by atoms with Gasteiger partial charge in [0.05, 0.1) is 34.9 Å². The second-order valence-electron chi connectivity index (χ2n) is 6.93. The lowest BCUT2D eigenvalue weighted by atomic mass is 10.4. The molecule has 0 spiro atoms. The van der Waals surface area contributed by atoms with E-state index in [1.807, 2.05) is 51.2 Å². The monoisotopic (exact) mass is 626 g/mol. The predicted molar refractivity (Wildman–Crippen MR) is 159 cm³/mol. The molecule has 2 aliphatic heterocycles. The highest BCUT2D eigenvalue weighted by atomic mass is 32.2. The molecule has 198 valence electrons. The minimum Gasteiger partial charge on any atom is -0.307 e. The van der Waals surface area contributed by atoms with Crippen molar-refractivity contribution >= 4 is 85.8 Å². The average molecular weight is 627 g/mol. The van der Waals surface area contributed by atoms with E-state index in [0.29, 0.717) is 26.4 Å². The van der Waals surface area contributed by atoms with Gasteiger partial charge in [-0.2, -0.15) is 0 Å². The van der Waals surface area contributed by atoms with Gasteiger partial charge in [-0.05, 0) is 65.9 Å². The molecule has 2 aliphatic rings. The molecule has 0 radical (unpaired) electrons. The van der Waals surface area contributed by atoms with Crippen LogP contribution in [0.25, 0.3) is 0 Å². The molecular formula is C20H36O6P2S6. The third kappa shape index (κ3) is 9.26. The summed E-state index contributed by atoms with van der Waals surface area (Å²) in [5.41, 5.74) is 0. The van der Waals surface area contributed by atoms with Crippen LogP contribution < -0.4 is 0 Å². The summed E-state index contributed by atoms with van der Waals surface area (Å²) in [6.45, 7) is 13.1. The van der Waals surface area contributed by atoms with Crippen LogP contribution in [0, 0.1) is 0 Å². The van der Waals surface area contributed by atoms with E-state index in [1.54, 1.807) is 47.0 Å². The maximum atomic E-state index is 13.1. The first-order valence-electron chi connectivity index (χ1n) is 11.3. The molecule has 0 saturated heterocycles. The molecule has 0 bridgehead atoms. The molecule has 34 heavy (non-hydrogen) atoms. The van der Waals surface area contributed by atoms with Crippen molar-refractivity contribution in [2.45, 2.75) is 63.0 Å². The molecule has 0 N–H and O–H groups in total. The van der Waals surface area contributed by atoms with Crippen molar-refractivity contribution < 1.29 is 27.2 Å². The van der Waals surface area contributed by atoms with Crippen LogP contribution in [0.4, 0.5) is 0 Å². The number of allylic oxidation sites excluding steroid dienone is 2. The molecule has 6 nitrogen and oxygen atoms in total. The highest BCUT2D eigenvalue weighted by Crippen LogP contribution is 2.69. The van der Waals surface area contributed by atoms with Gasteiger partial charge in [-0.15, -0.1) is 47.0 Å². The minimum atomic E-state index is -3.12. The van der Waals surface area contributed by atoms with Gasteiger partial charge in [0.25, 0.3) is 0 Å². The Bertz CT molecular complexity index is 737. The Morgan fingerprint density at radius 3 is 1.26 bits per heavy atom. The third-order valence-corrected chi connectivity index (χ3v) is 20.2. The highest BCUT2D eigenvalue weighted by Gasteiger charge is 2.43. The fraction of sp³-hybridized carbons (Fsp3) is 0.800. The van der Waals surface area contributed by atoms with E-state index in [2.05, 4.69) is 13.8 Å². The Morgan fingerprint density at radius 1 is 0.647 bits per heavy atom. The molecule has 0 fully saturated rings. The van der Waals surface area contributed by atoms with E-state index in [-0.39, 0.29) is 8.65 Å². The van der Waals surface area contributed by atoms with Gasteiger partial charge in [0, 0.05) is 9.81 Å². The van der Waals surface area contributed by atoms with Gasteiger partial charge < -0.3 is 18.1 Å². The van der Waals surface area contributed by atoms with E-state index in [1.165, 1.54) is 18.3 Å². The Hall–Kier alpha value is 1.88. The molecule has 0 amide bonds. The standard InChI is InChI=1S/C20H36O6P2S6/c1-7-23-27(21,24-8-2)19-31-15(5)17(33-19)29-13-11-12-14-30-18-16(6)32-20(34-18)28(22,25-9-3)26-10-4/h19-20H,7-14H2,1-6H3. The van der Waals surface area contributed by atoms with Gasteiger partial charge in [0.15, 0.2) is 8.65 Å². The fourth-order valence-corrected chi connectivity index (χ4v) is 18.5. The number of rotatable bonds is 17. The van der Waals surface area contributed by atoms with Crippen LogP contribution in [-0.4, -0.2) is 46.6 Å². The van der Waals surface area contributed by atoms with Crippen molar-refractivity contribution in [1.82, 2.24) is 0 Å². The zero-order chi connectivity index (χ0) is 25.2. The SMILES string of the molecule is CCOP(=O)(OCC)C1SC(C)=C(SCCCCSC2=C(C)SC(P(=O)(OCC)OCC)S2)S1. The lowest BCUT2D eigenvalue weighted by molar-refractivity contribution is 0.221. The quantitative estimate of drug-likeness (QED) is 0.114. The van der Waals surface area contributed by atoms with E-state index in [9.17, 15) is 9.13 Å². The maximum Gasteiger partial charge on any atom is 0.354 e. The van der Waals surface area contributed by atoms with Gasteiger partial charge in [0.1, 0.15) is 0 Å². The Kier molecular flexibility index (Phi) is 15.2. The van der Waals surface area contributed by atoms with Gasteiger partial charge in [-0.1, -0.05) is 23.5 Å². The van der Waals surface area contributed by atoms with Crippen molar-refractivity contribution in [1.29, 1.82) is 0 Å². The second-order valence-corrected chi connectivity index (χ2v) is 20.7. The summed E-state index contributed by atoms with van der Waals surface area (Å²) in [6, 6.07) is 0. The molecule has 14 heteroatoms. The van der Waals surface area contributed by atoms with Crippen LogP contribution in [0.1, 0.15) is 54.4 Å². The lowest BCUT2D eigenvalue weighted by Crippen LogP contribution is -2.04. The van der Waals surface area contributed by atoms with Crippen molar-refractivity contribution in [3.8, 4) is 0 Å². The van der Waals surface area contributed by atoms with Crippen molar-refractivity contribution in [2.75, 3.05) is 37.9 Å². The summed E-state index contributed by atoms with van der Waals surface area (Å²) in [4.78, 5) is 2.40. The second kappa shape index (κ2) is 16.1. The summed E-state index contributed by atoms with van der Waals surface area (Å²) in [5, 5.41) is 0. The Balaban J connectivity index is 1.72. The Labute approximate surface area is 230 Å². The van der Waals surface area contributed by atoms with E-state index >= 15 is 0 Å². The van der Waals surface area contributed by atoms with Crippen molar-refractivity contribution in [2.24, 2.45) is 0 Å². The third-order valence-electron chi connectivity index (χ3n) is 4.30. The predicted octanol–water partition coefficient (Wildman–Crippen LogP) is 9.67. The largest absolute Gasteiger partial charge is 0.354 e. The molecule has 2 unspecified atom stereocenters. The summed E-state index contributed by atoms with van der Waals surface area (Å²) in [5.74, 6) is 2.04. The lowest BCUT2D eigenvalue weighted by Gasteiger charge is -2.21. The summed E-state index contributed by atoms with van der Waals surface area (Å²) in [6.07, 6.45) is 2.20. The van der Waals surface area contributed by atoms with Crippen LogP contribution in [0.5, 0.6) is 0 Å². The minimum absolute atomic E-state index is 0.213. The topological polar surface area (TPSA) is 71.1 Å². The van der Waals surface area contributed by atoms with Crippen LogP contribution in [0.3, 0.4) is 0 Å². The number of hydrogen-bond donors (Lipinski definition) is 0. The summed E-state index contributed by atoms with van der Waals surface area (Å²) >= 11 is 10.1. The number of unbranched alkanes of at least 4 members (excludes halogenated alkanes) is 1. The molecule has 0 aromatic heterocycles. The fourth-order valence-electron chi connectivity index (χ4n) is 2.90. The molecule has 0 aromatic carbocycles. The summed E-state index contributed by atoms with van der Waals surface area (Å²) in [7, 11) is -6.23. The Morgan fingerprint density at radius 2 is 0.971 bits per heavy atom. The molecular weight excluding hydrogens is 591 g/mol. The molecule has 2 atom stereocenters. The number of thioether (sulfide) groups is 6. The normalized spacial score (nSPS) is 21.8. The smallest absolute Gasteiger partial charge is 0.307 e. The van der Waals surface area contributed by atoms with E-state index in [0.717, 1.165) is 24.3 Å². The molecule has 2 rings (SSSR count). The van der Waals surface area contributed by atoms with Crippen LogP contribution >= 0.6 is 85.8 Å². The van der Waals surface area contributed by atoms with Gasteiger partial charge in [-0.25, -0.2) is 0 Å². The summed E-state index contributed by atoms with van der Waals surface area (Å²) < 4.78 is 50.3. The molecule has 0 aliphatic carbocycles. The van der Waals surface area contributed by atoms with Crippen LogP contribution in [0.2, 0.25) is 0 Å². The van der Waals surface area contributed by atoms with Gasteiger partial charge in [0.2, 0.25) is 0 Å². The average Bonchev–Trinajstić information content (AvgIpc) is 3.34. The first-order chi connectivity index (χ1) is 16.2. The molecule has 2 heterocycles. The highest BCUT2D eigenvalue weighted by molar-refractivity contribution is 8.36. The van der Waals surface area contributed by atoms with E-state index < -0.39 is 15.2 Å². The first kappa shape index (κ1) is 32.1. The van der Waals surface area contributed by atoms with Gasteiger partial charge in [-0.3, -0.25) is 9.13 Å². The molecule has 0 saturated carbocycles. The number of hydrogen-bond acceptors (Lipinski definition) is 12.